The van der Waals surface area contributed by atoms with Crippen LogP contribution in [-0.4, -0.2) is 58.4 Å². The molecule has 1 aromatic heterocycles. The maximum atomic E-state index is 12.1. The van der Waals surface area contributed by atoms with Gasteiger partial charge in [0.15, 0.2) is 0 Å². The van der Waals surface area contributed by atoms with Crippen LogP contribution in [0.3, 0.4) is 0 Å². The van der Waals surface area contributed by atoms with Gasteiger partial charge in [0.05, 0.1) is 0 Å². The standard InChI is InChI=1S/C15H22N4O2S/c1-10-16-17-14(22-10)19-7-11-6-18(12-4-2-3-5-12)8-15(11,9-19)13(20)21/h11-12H,2-9H2,1H3,(H,20,21)/t11?,15-/m0/s1. The number of anilines is 1. The van der Waals surface area contributed by atoms with Gasteiger partial charge in [-0.25, -0.2) is 0 Å². The molecule has 22 heavy (non-hydrogen) atoms. The van der Waals surface area contributed by atoms with Crippen LogP contribution in [0.2, 0.25) is 0 Å². The van der Waals surface area contributed by atoms with Crippen LogP contribution in [-0.2, 0) is 4.79 Å². The number of aromatic nitrogens is 2. The maximum absolute atomic E-state index is 12.1. The molecule has 1 aromatic rings. The summed E-state index contributed by atoms with van der Waals surface area (Å²) >= 11 is 1.56. The zero-order valence-corrected chi connectivity index (χ0v) is 13.7. The van der Waals surface area contributed by atoms with Gasteiger partial charge in [-0.05, 0) is 19.8 Å². The first-order valence-electron chi connectivity index (χ1n) is 8.11. The minimum Gasteiger partial charge on any atom is -0.481 e. The van der Waals surface area contributed by atoms with Crippen LogP contribution in [0.1, 0.15) is 30.7 Å². The maximum Gasteiger partial charge on any atom is 0.313 e. The summed E-state index contributed by atoms with van der Waals surface area (Å²) in [6.07, 6.45) is 5.06. The minimum absolute atomic E-state index is 0.204. The predicted octanol–water partition coefficient (Wildman–Crippen LogP) is 1.61. The molecule has 1 aliphatic carbocycles. The van der Waals surface area contributed by atoms with Crippen molar-refractivity contribution in [1.29, 1.82) is 0 Å². The highest BCUT2D eigenvalue weighted by atomic mass is 32.1. The lowest BCUT2D eigenvalue weighted by Gasteiger charge is -2.28. The molecule has 1 saturated carbocycles. The Morgan fingerprint density at radius 2 is 2.05 bits per heavy atom. The largest absolute Gasteiger partial charge is 0.481 e. The number of carbonyl (C=O) groups is 1. The summed E-state index contributed by atoms with van der Waals surface area (Å²) in [5, 5.41) is 20.0. The smallest absolute Gasteiger partial charge is 0.313 e. The van der Waals surface area contributed by atoms with Gasteiger partial charge in [-0.3, -0.25) is 9.69 Å². The second-order valence-electron chi connectivity index (χ2n) is 7.01. The van der Waals surface area contributed by atoms with Gasteiger partial charge in [-0.2, -0.15) is 0 Å². The summed E-state index contributed by atoms with van der Waals surface area (Å²) < 4.78 is 0. The Hall–Kier alpha value is -1.21. The van der Waals surface area contributed by atoms with Crippen LogP contribution in [0.15, 0.2) is 0 Å². The van der Waals surface area contributed by atoms with Crippen LogP contribution in [0.25, 0.3) is 0 Å². The van der Waals surface area contributed by atoms with Crippen molar-refractivity contribution in [3.63, 3.8) is 0 Å². The van der Waals surface area contributed by atoms with Crippen molar-refractivity contribution in [3.05, 3.63) is 5.01 Å². The number of aryl methyl sites for hydroxylation is 1. The molecule has 3 aliphatic rings. The molecule has 2 atom stereocenters. The zero-order valence-electron chi connectivity index (χ0n) is 12.9. The Kier molecular flexibility index (Phi) is 3.38. The molecule has 2 aliphatic heterocycles. The van der Waals surface area contributed by atoms with Crippen molar-refractivity contribution < 1.29 is 9.90 Å². The molecule has 7 heteroatoms. The number of likely N-dealkylation sites (tertiary alicyclic amines) is 1. The first kappa shape index (κ1) is 14.4. The van der Waals surface area contributed by atoms with Crippen LogP contribution in [0.4, 0.5) is 5.13 Å². The number of rotatable bonds is 3. The van der Waals surface area contributed by atoms with Crippen LogP contribution >= 0.6 is 11.3 Å². The number of hydrogen-bond donors (Lipinski definition) is 1. The number of carboxylic acid groups (broad SMARTS) is 1. The van der Waals surface area contributed by atoms with Gasteiger partial charge >= 0.3 is 5.97 Å². The lowest BCUT2D eigenvalue weighted by Crippen LogP contribution is -2.42. The average molecular weight is 322 g/mol. The van der Waals surface area contributed by atoms with Crippen LogP contribution in [0.5, 0.6) is 0 Å². The Balaban J connectivity index is 1.55. The van der Waals surface area contributed by atoms with Gasteiger partial charge in [0, 0.05) is 38.1 Å². The summed E-state index contributed by atoms with van der Waals surface area (Å²) in [5.41, 5.74) is -0.623. The number of fused-ring (bicyclic) bond motifs is 1. The first-order chi connectivity index (χ1) is 10.6. The summed E-state index contributed by atoms with van der Waals surface area (Å²) in [5.74, 6) is -0.434. The number of carboxylic acids is 1. The van der Waals surface area contributed by atoms with Gasteiger partial charge in [-0.15, -0.1) is 10.2 Å². The van der Waals surface area contributed by atoms with E-state index in [0.717, 1.165) is 23.2 Å². The van der Waals surface area contributed by atoms with E-state index in [1.54, 1.807) is 11.3 Å². The average Bonchev–Trinajstić information content (AvgIpc) is 3.20. The third kappa shape index (κ3) is 2.13. The zero-order chi connectivity index (χ0) is 15.3. The van der Waals surface area contributed by atoms with Crippen molar-refractivity contribution in [3.8, 4) is 0 Å². The van der Waals surface area contributed by atoms with Crippen molar-refractivity contribution in [2.75, 3.05) is 31.1 Å². The molecular formula is C15H22N4O2S. The van der Waals surface area contributed by atoms with Crippen LogP contribution in [0, 0.1) is 18.3 Å². The van der Waals surface area contributed by atoms with Gasteiger partial charge in [0.25, 0.3) is 0 Å². The molecule has 120 valence electrons. The third-order valence-corrected chi connectivity index (χ3v) is 6.59. The van der Waals surface area contributed by atoms with E-state index in [-0.39, 0.29) is 5.92 Å². The minimum atomic E-state index is -0.637. The summed E-state index contributed by atoms with van der Waals surface area (Å²) in [4.78, 5) is 16.6. The fraction of sp³-hybridized carbons (Fsp3) is 0.800. The molecule has 3 fully saturated rings. The molecule has 1 N–H and O–H groups in total. The Morgan fingerprint density at radius 3 is 2.64 bits per heavy atom. The van der Waals surface area contributed by atoms with Crippen molar-refractivity contribution in [2.45, 2.75) is 38.6 Å². The van der Waals surface area contributed by atoms with Gasteiger partial charge in [0.1, 0.15) is 10.4 Å². The molecule has 4 rings (SSSR count). The van der Waals surface area contributed by atoms with Crippen molar-refractivity contribution in [2.24, 2.45) is 11.3 Å². The molecule has 0 spiro atoms. The quantitative estimate of drug-likeness (QED) is 0.912. The molecule has 2 saturated heterocycles. The van der Waals surface area contributed by atoms with Crippen LogP contribution < -0.4 is 4.90 Å². The fourth-order valence-electron chi connectivity index (χ4n) is 4.51. The molecule has 0 amide bonds. The third-order valence-electron chi connectivity index (χ3n) is 5.69. The summed E-state index contributed by atoms with van der Waals surface area (Å²) in [7, 11) is 0. The normalized spacial score (nSPS) is 32.8. The fourth-order valence-corrected chi connectivity index (χ4v) is 5.21. The SMILES string of the molecule is Cc1nnc(N2CC3CN(C4CCCC4)C[C@]3(C(=O)O)C2)s1. The number of hydrogen-bond acceptors (Lipinski definition) is 6. The van der Waals surface area contributed by atoms with Gasteiger partial charge < -0.3 is 10.0 Å². The van der Waals surface area contributed by atoms with E-state index in [9.17, 15) is 9.90 Å². The van der Waals surface area contributed by atoms with Gasteiger partial charge in [-0.1, -0.05) is 24.2 Å². The molecule has 0 radical (unpaired) electrons. The number of aliphatic carboxylic acids is 1. The van der Waals surface area contributed by atoms with E-state index in [1.165, 1.54) is 25.7 Å². The molecule has 6 nitrogen and oxygen atoms in total. The van der Waals surface area contributed by atoms with E-state index >= 15 is 0 Å². The highest BCUT2D eigenvalue weighted by Gasteiger charge is 2.58. The van der Waals surface area contributed by atoms with Crippen molar-refractivity contribution >= 4 is 22.4 Å². The molecule has 1 unspecified atom stereocenters. The lowest BCUT2D eigenvalue weighted by molar-refractivity contribution is -0.148. The topological polar surface area (TPSA) is 69.6 Å². The van der Waals surface area contributed by atoms with E-state index in [2.05, 4.69) is 20.0 Å². The van der Waals surface area contributed by atoms with E-state index in [1.807, 2.05) is 6.92 Å². The predicted molar refractivity (Wildman–Crippen MR) is 84.2 cm³/mol. The van der Waals surface area contributed by atoms with E-state index < -0.39 is 11.4 Å². The molecular weight excluding hydrogens is 300 g/mol. The lowest BCUT2D eigenvalue weighted by atomic mass is 9.81. The molecule has 0 aromatic carbocycles. The first-order valence-corrected chi connectivity index (χ1v) is 8.93. The Morgan fingerprint density at radius 1 is 1.27 bits per heavy atom. The second kappa shape index (κ2) is 5.16. The monoisotopic (exact) mass is 322 g/mol. The second-order valence-corrected chi connectivity index (χ2v) is 8.17. The number of nitrogens with zero attached hydrogens (tertiary/aromatic N) is 4. The summed E-state index contributed by atoms with van der Waals surface area (Å²) in [6.45, 7) is 4.93. The summed E-state index contributed by atoms with van der Waals surface area (Å²) in [6, 6.07) is 0.610. The Labute approximate surface area is 134 Å². The van der Waals surface area contributed by atoms with E-state index in [0.29, 0.717) is 19.1 Å². The highest BCUT2D eigenvalue weighted by Crippen LogP contribution is 2.46. The van der Waals surface area contributed by atoms with Crippen molar-refractivity contribution in [1.82, 2.24) is 15.1 Å². The molecule has 3 heterocycles. The Bertz CT molecular complexity index is 586. The molecule has 0 bridgehead atoms. The van der Waals surface area contributed by atoms with E-state index in [4.69, 9.17) is 0 Å². The highest BCUT2D eigenvalue weighted by molar-refractivity contribution is 7.15. The van der Waals surface area contributed by atoms with Gasteiger partial charge in [0.2, 0.25) is 5.13 Å².